The van der Waals surface area contributed by atoms with Crippen molar-refractivity contribution in [2.45, 2.75) is 26.4 Å². The van der Waals surface area contributed by atoms with Crippen LogP contribution in [0.2, 0.25) is 0 Å². The predicted octanol–water partition coefficient (Wildman–Crippen LogP) is 2.41. The number of nitrogens with zero attached hydrogens (tertiary/aromatic N) is 6. The summed E-state index contributed by atoms with van der Waals surface area (Å²) >= 11 is 0. The zero-order valence-corrected chi connectivity index (χ0v) is 15.5. The van der Waals surface area contributed by atoms with E-state index in [-0.39, 0.29) is 23.6 Å². The van der Waals surface area contributed by atoms with E-state index in [0.29, 0.717) is 23.8 Å². The van der Waals surface area contributed by atoms with Crippen molar-refractivity contribution in [1.29, 1.82) is 0 Å². The van der Waals surface area contributed by atoms with Crippen molar-refractivity contribution in [1.82, 2.24) is 29.5 Å². The number of nitrogens with two attached hydrogens (primary N) is 1. The van der Waals surface area contributed by atoms with Gasteiger partial charge in [-0.3, -0.25) is 9.78 Å². The third kappa shape index (κ3) is 3.29. The number of rotatable bonds is 5. The monoisotopic (exact) mass is 377 g/mol. The van der Waals surface area contributed by atoms with Gasteiger partial charge in [0.1, 0.15) is 5.69 Å². The Balaban J connectivity index is 1.69. The van der Waals surface area contributed by atoms with Gasteiger partial charge in [-0.05, 0) is 43.7 Å². The first-order valence-electron chi connectivity index (χ1n) is 8.80. The number of amides is 1. The first kappa shape index (κ1) is 17.7. The number of anilines is 1. The molecule has 0 aliphatic carbocycles. The van der Waals surface area contributed by atoms with Crippen molar-refractivity contribution >= 4 is 17.5 Å². The predicted molar refractivity (Wildman–Crippen MR) is 102 cm³/mol. The molecule has 0 spiro atoms. The van der Waals surface area contributed by atoms with Crippen LogP contribution in [0, 0.1) is 0 Å². The molecule has 9 nitrogen and oxygen atoms in total. The highest BCUT2D eigenvalue weighted by molar-refractivity contribution is 5.93. The Morgan fingerprint density at radius 2 is 2.04 bits per heavy atom. The second kappa shape index (κ2) is 7.10. The van der Waals surface area contributed by atoms with E-state index >= 15 is 0 Å². The number of hydrogen-bond donors (Lipinski definition) is 1. The molecule has 0 radical (unpaired) electrons. The van der Waals surface area contributed by atoms with Crippen molar-refractivity contribution in [2.75, 3.05) is 5.73 Å². The molecule has 4 heterocycles. The third-order valence-electron chi connectivity index (χ3n) is 4.30. The van der Waals surface area contributed by atoms with Gasteiger partial charge in [0.25, 0.3) is 5.91 Å². The zero-order chi connectivity index (χ0) is 19.7. The molecule has 0 unspecified atom stereocenters. The van der Waals surface area contributed by atoms with Crippen LogP contribution < -0.4 is 5.73 Å². The van der Waals surface area contributed by atoms with Crippen molar-refractivity contribution < 1.29 is 9.21 Å². The average molecular weight is 377 g/mol. The largest absolute Gasteiger partial charge is 0.461 e. The molecule has 1 amide bonds. The summed E-state index contributed by atoms with van der Waals surface area (Å²) in [7, 11) is 0. The number of hydrogen-bond acceptors (Lipinski definition) is 7. The van der Waals surface area contributed by atoms with Gasteiger partial charge in [0.05, 0.1) is 6.26 Å². The molecule has 0 atom stereocenters. The molecule has 0 fully saturated rings. The lowest BCUT2D eigenvalue weighted by Gasteiger charge is -2.26. The van der Waals surface area contributed by atoms with Crippen LogP contribution in [0.3, 0.4) is 0 Å². The van der Waals surface area contributed by atoms with E-state index in [9.17, 15) is 4.79 Å². The highest BCUT2D eigenvalue weighted by Crippen LogP contribution is 2.19. The first-order valence-corrected chi connectivity index (χ1v) is 8.80. The number of carbonyl (C=O) groups excluding carboxylic acids is 1. The van der Waals surface area contributed by atoms with Crippen molar-refractivity contribution in [2.24, 2.45) is 0 Å². The molecule has 0 saturated heterocycles. The molecule has 0 bridgehead atoms. The van der Waals surface area contributed by atoms with Crippen LogP contribution in [-0.4, -0.2) is 41.4 Å². The maximum atomic E-state index is 13.1. The Hall–Kier alpha value is -3.75. The van der Waals surface area contributed by atoms with Gasteiger partial charge in [0.2, 0.25) is 11.8 Å². The summed E-state index contributed by atoms with van der Waals surface area (Å²) in [5.74, 6) is 0.736. The number of aromatic nitrogens is 5. The van der Waals surface area contributed by atoms with E-state index in [1.807, 2.05) is 26.0 Å². The maximum absolute atomic E-state index is 13.1. The highest BCUT2D eigenvalue weighted by Gasteiger charge is 2.23. The molecule has 0 saturated carbocycles. The summed E-state index contributed by atoms with van der Waals surface area (Å²) in [6, 6.07) is 8.80. The molecule has 0 aromatic carbocycles. The minimum atomic E-state index is -0.233. The van der Waals surface area contributed by atoms with Crippen molar-refractivity contribution in [3.63, 3.8) is 0 Å². The summed E-state index contributed by atoms with van der Waals surface area (Å²) in [4.78, 5) is 27.5. The molecule has 142 valence electrons. The second-order valence-electron chi connectivity index (χ2n) is 6.56. The maximum Gasteiger partial charge on any atom is 0.273 e. The summed E-state index contributed by atoms with van der Waals surface area (Å²) in [5.41, 5.74) is 7.65. The molecule has 2 N–H and O–H groups in total. The Morgan fingerprint density at radius 3 is 2.71 bits per heavy atom. The highest BCUT2D eigenvalue weighted by atomic mass is 16.3. The van der Waals surface area contributed by atoms with Crippen LogP contribution in [0.25, 0.3) is 17.2 Å². The van der Waals surface area contributed by atoms with Gasteiger partial charge in [0.15, 0.2) is 11.4 Å². The first-order chi connectivity index (χ1) is 13.5. The Kier molecular flexibility index (Phi) is 4.48. The zero-order valence-electron chi connectivity index (χ0n) is 15.5. The van der Waals surface area contributed by atoms with E-state index in [4.69, 9.17) is 10.2 Å². The normalized spacial score (nSPS) is 11.2. The topological polar surface area (TPSA) is 115 Å². The number of carbonyl (C=O) groups is 1. The minimum Gasteiger partial charge on any atom is -0.461 e. The van der Waals surface area contributed by atoms with Crippen LogP contribution in [0.15, 0.2) is 53.4 Å². The van der Waals surface area contributed by atoms with Crippen LogP contribution in [0.1, 0.15) is 29.9 Å². The van der Waals surface area contributed by atoms with E-state index in [1.165, 1.54) is 10.8 Å². The fourth-order valence-corrected chi connectivity index (χ4v) is 2.85. The van der Waals surface area contributed by atoms with Gasteiger partial charge in [-0.1, -0.05) is 0 Å². The van der Waals surface area contributed by atoms with Gasteiger partial charge in [-0.15, -0.1) is 5.10 Å². The van der Waals surface area contributed by atoms with Crippen LogP contribution in [0.5, 0.6) is 0 Å². The molecular formula is C19H19N7O2. The summed E-state index contributed by atoms with van der Waals surface area (Å²) in [5, 5.41) is 4.30. The lowest BCUT2D eigenvalue weighted by molar-refractivity contribution is 0.0684. The average Bonchev–Trinajstić information content (AvgIpc) is 3.35. The fourth-order valence-electron chi connectivity index (χ4n) is 2.85. The molecule has 9 heteroatoms. The molecule has 28 heavy (non-hydrogen) atoms. The quantitative estimate of drug-likeness (QED) is 0.568. The van der Waals surface area contributed by atoms with Crippen LogP contribution in [0.4, 0.5) is 5.95 Å². The molecular weight excluding hydrogens is 358 g/mol. The minimum absolute atomic E-state index is 0.0311. The van der Waals surface area contributed by atoms with Gasteiger partial charge in [-0.25, -0.2) is 9.97 Å². The summed E-state index contributed by atoms with van der Waals surface area (Å²) in [6.45, 7) is 4.34. The lowest BCUT2D eigenvalue weighted by atomic mass is 10.2. The Morgan fingerprint density at radius 1 is 1.25 bits per heavy atom. The number of furan rings is 1. The van der Waals surface area contributed by atoms with Gasteiger partial charge < -0.3 is 15.1 Å². The van der Waals surface area contributed by atoms with Gasteiger partial charge >= 0.3 is 0 Å². The van der Waals surface area contributed by atoms with E-state index in [1.54, 1.807) is 35.5 Å². The summed E-state index contributed by atoms with van der Waals surface area (Å²) in [6.07, 6.45) is 4.94. The van der Waals surface area contributed by atoms with Gasteiger partial charge in [-0.2, -0.15) is 4.52 Å². The van der Waals surface area contributed by atoms with Crippen LogP contribution in [-0.2, 0) is 6.54 Å². The lowest BCUT2D eigenvalue weighted by Crippen LogP contribution is -2.37. The molecule has 4 rings (SSSR count). The SMILES string of the molecule is CC(C)N(Cc1ccncc1)C(=O)c1cc2nc(-c3ccco3)nn2c(N)n1. The second-order valence-corrected chi connectivity index (χ2v) is 6.56. The Bertz CT molecular complexity index is 1100. The molecule has 4 aromatic rings. The van der Waals surface area contributed by atoms with Crippen LogP contribution >= 0.6 is 0 Å². The third-order valence-corrected chi connectivity index (χ3v) is 4.30. The fraction of sp³-hybridized carbons (Fsp3) is 0.211. The number of pyridine rings is 1. The Labute approximate surface area is 160 Å². The van der Waals surface area contributed by atoms with Crippen molar-refractivity contribution in [3.8, 4) is 11.6 Å². The number of nitrogen functional groups attached to an aromatic ring is 1. The van der Waals surface area contributed by atoms with E-state index in [0.717, 1.165) is 5.56 Å². The molecule has 4 aromatic heterocycles. The summed E-state index contributed by atoms with van der Waals surface area (Å²) < 4.78 is 6.71. The standard InChI is InChI=1S/C19H19N7O2/c1-12(2)25(11-13-5-7-21-8-6-13)18(27)14-10-16-23-17(15-4-3-9-28-15)24-26(16)19(20)22-14/h3-10,12H,11H2,1-2H3,(H2,20,22). The van der Waals surface area contributed by atoms with Crippen molar-refractivity contribution in [3.05, 3.63) is 60.2 Å². The molecule has 0 aliphatic rings. The molecule has 0 aliphatic heterocycles. The van der Waals surface area contributed by atoms with E-state index < -0.39 is 0 Å². The number of fused-ring (bicyclic) bond motifs is 1. The smallest absolute Gasteiger partial charge is 0.273 e. The van der Waals surface area contributed by atoms with E-state index in [2.05, 4.69) is 20.1 Å². The van der Waals surface area contributed by atoms with Gasteiger partial charge in [0, 0.05) is 31.0 Å².